The molecule has 5 fully saturated rings. The molecule has 5 aliphatic rings. The normalized spacial score (nSPS) is 20.8. The molecule has 92 heavy (non-hydrogen) atoms. The average Bonchev–Trinajstić information content (AvgIpc) is 1.55. The highest BCUT2D eigenvalue weighted by molar-refractivity contribution is 5.95. The van der Waals surface area contributed by atoms with Gasteiger partial charge in [0.05, 0.1) is 47.7 Å². The van der Waals surface area contributed by atoms with E-state index in [1.807, 2.05) is 13.8 Å². The van der Waals surface area contributed by atoms with Crippen molar-refractivity contribution in [2.24, 2.45) is 28.1 Å². The van der Waals surface area contributed by atoms with Gasteiger partial charge in [0.2, 0.25) is 0 Å². The molecule has 0 bridgehead atoms. The van der Waals surface area contributed by atoms with Crippen LogP contribution in [-0.2, 0) is 17.7 Å². The van der Waals surface area contributed by atoms with E-state index in [9.17, 15) is 0 Å². The Morgan fingerprint density at radius 3 is 2.08 bits per heavy atom. The number of rotatable bonds is 33. The van der Waals surface area contributed by atoms with Crippen LogP contribution in [0.25, 0.3) is 22.2 Å². The van der Waals surface area contributed by atoms with Gasteiger partial charge in [0.1, 0.15) is 0 Å². The Labute approximate surface area is 566 Å². The van der Waals surface area contributed by atoms with Crippen LogP contribution < -0.4 is 20.5 Å². The molecule has 12 heteroatoms. The lowest BCUT2D eigenvalue weighted by Crippen LogP contribution is -2.66. The fourth-order valence-electron chi connectivity index (χ4n) is 15.8. The second kappa shape index (κ2) is 35.9. The monoisotopic (exact) mass is 1270 g/mol. The number of nitrogens with zero attached hydrogens (tertiary/aromatic N) is 9. The average molecular weight is 1270 g/mol. The molecule has 0 radical (unpaired) electrons. The molecule has 6 heterocycles. The lowest BCUT2D eigenvalue weighted by Gasteiger charge is -2.56. The topological polar surface area (TPSA) is 73.8 Å². The SMILES string of the molecule is C=C=C(C(NC(=C)C(C(C)C)N1CCCC1CN(C)CCC)C(CCN(CCC)c1ccc2c(c1)c(CC(C)(C)COCC)c(-c1cc(N3CCN(C4CC4)CC3)cnc1C(C)CC)n2CC)N1CC(CC)(CC)C1)N1CCCC(C)N1.CC.CCC(C)C(C)(C)C. The van der Waals surface area contributed by atoms with Gasteiger partial charge in [-0.25, -0.2) is 5.43 Å². The third-order valence-electron chi connectivity index (χ3n) is 22.3. The summed E-state index contributed by atoms with van der Waals surface area (Å²) in [6, 6.07) is 12.1. The van der Waals surface area contributed by atoms with Gasteiger partial charge in [-0.15, -0.1) is 5.73 Å². The van der Waals surface area contributed by atoms with Gasteiger partial charge < -0.3 is 34.3 Å². The number of aryl methyl sites for hydroxylation is 1. The van der Waals surface area contributed by atoms with Crippen LogP contribution in [0.3, 0.4) is 0 Å². The predicted molar refractivity (Wildman–Crippen MR) is 399 cm³/mol. The number of hydrogen-bond acceptors (Lipinski definition) is 11. The summed E-state index contributed by atoms with van der Waals surface area (Å²) in [5, 5.41) is 8.13. The molecule has 1 aromatic carbocycles. The summed E-state index contributed by atoms with van der Waals surface area (Å²) in [5.74, 6) is 1.58. The van der Waals surface area contributed by atoms with Crippen LogP contribution in [0.1, 0.15) is 239 Å². The summed E-state index contributed by atoms with van der Waals surface area (Å²) in [6.07, 6.45) is 18.6. The van der Waals surface area contributed by atoms with Crippen LogP contribution in [0.15, 0.2) is 60.7 Å². The molecule has 2 N–H and O–H groups in total. The molecular weight excluding hydrogens is 1130 g/mol. The first-order valence-electron chi connectivity index (χ1n) is 38.0. The number of hydrogen-bond donors (Lipinski definition) is 2. The molecule has 2 aromatic heterocycles. The highest BCUT2D eigenvalue weighted by Gasteiger charge is 2.47. The van der Waals surface area contributed by atoms with Crippen LogP contribution in [0, 0.1) is 28.1 Å². The van der Waals surface area contributed by atoms with Gasteiger partial charge in [-0.1, -0.05) is 137 Å². The zero-order valence-corrected chi connectivity index (χ0v) is 63.4. The highest BCUT2D eigenvalue weighted by Crippen LogP contribution is 2.45. The minimum atomic E-state index is -0.0901. The first-order chi connectivity index (χ1) is 43.9. The van der Waals surface area contributed by atoms with E-state index in [1.165, 1.54) is 103 Å². The van der Waals surface area contributed by atoms with Gasteiger partial charge in [0, 0.05) is 131 Å². The van der Waals surface area contributed by atoms with Gasteiger partial charge >= 0.3 is 0 Å². The summed E-state index contributed by atoms with van der Waals surface area (Å²) < 4.78 is 8.93. The maximum absolute atomic E-state index is 6.29. The third-order valence-corrected chi connectivity index (χ3v) is 22.3. The lowest BCUT2D eigenvalue weighted by atomic mass is 9.73. The number of benzene rings is 1. The Balaban J connectivity index is 0.00000125. The molecule has 3 aromatic rings. The zero-order chi connectivity index (χ0) is 67.7. The van der Waals surface area contributed by atoms with Gasteiger partial charge in [-0.2, -0.15) is 0 Å². The van der Waals surface area contributed by atoms with Gasteiger partial charge in [-0.3, -0.25) is 19.7 Å². The summed E-state index contributed by atoms with van der Waals surface area (Å²) in [5.41, 5.74) is 19.8. The number of aromatic nitrogens is 2. The summed E-state index contributed by atoms with van der Waals surface area (Å²) in [7, 11) is 2.31. The highest BCUT2D eigenvalue weighted by atomic mass is 16.5. The molecule has 7 unspecified atom stereocenters. The van der Waals surface area contributed by atoms with Gasteiger partial charge in [0.25, 0.3) is 0 Å². The minimum Gasteiger partial charge on any atom is -0.381 e. The quantitative estimate of drug-likeness (QED) is 0.0573. The predicted octanol–water partition coefficient (Wildman–Crippen LogP) is 17.3. The van der Waals surface area contributed by atoms with Crippen LogP contribution in [-0.4, -0.2) is 169 Å². The number of piperazine rings is 1. The first kappa shape index (κ1) is 77.1. The van der Waals surface area contributed by atoms with Crippen molar-refractivity contribution in [2.75, 3.05) is 109 Å². The molecule has 8 rings (SSSR count). The third kappa shape index (κ3) is 19.7. The van der Waals surface area contributed by atoms with E-state index < -0.39 is 0 Å². The molecule has 4 aliphatic heterocycles. The van der Waals surface area contributed by atoms with E-state index in [2.05, 4.69) is 224 Å². The van der Waals surface area contributed by atoms with E-state index in [0.29, 0.717) is 48.0 Å². The van der Waals surface area contributed by atoms with Crippen molar-refractivity contribution >= 4 is 22.3 Å². The van der Waals surface area contributed by atoms with E-state index in [4.69, 9.17) is 16.3 Å². The molecule has 1 aliphatic carbocycles. The molecule has 7 atom stereocenters. The molecular formula is C80H141N11O. The Bertz CT molecular complexity index is 2730. The number of likely N-dealkylation sites (tertiary alicyclic amines) is 2. The molecule has 1 saturated carbocycles. The largest absolute Gasteiger partial charge is 0.381 e. The standard InChI is InChI=1S/C70H117N11O.C8H18.C2H6/c1-17-34-74(16)47-57-28-26-36-80(57)67(51(9)10)54(13)72-66(62(20-4)81-37-25-27-53(12)73-81)64(78-48-70(21-5,22-6)49-78)33-38-75(35-18-2)56-31-32-63-59(43-56)61(45-69(14,15)50-82-24-8)68(79(63)23-7)60-44-58(46-71-65(60)52(11)19-3)77-41-39-76(40-42-77)55-29-30-55;1-6-7(2)8(3,4)5;1-2/h31-32,43-44,46,51-53,55,57,64,66-67,72-73H,4,13,17-19,21-30,33-42,45,47-50H2,1-3,5-12,14-16H3;7H,6H2,1-5H3;1-2H3. The lowest BCUT2D eigenvalue weighted by molar-refractivity contribution is -0.0484. The van der Waals surface area contributed by atoms with Crippen LogP contribution in [0.5, 0.6) is 0 Å². The number of anilines is 2. The first-order valence-corrected chi connectivity index (χ1v) is 38.0. The Morgan fingerprint density at radius 1 is 0.848 bits per heavy atom. The fourth-order valence-corrected chi connectivity index (χ4v) is 15.8. The number of likely N-dealkylation sites (N-methyl/N-ethyl adjacent to an activating group) is 1. The molecule has 0 amide bonds. The Kier molecular flexibility index (Phi) is 30.1. The number of ether oxygens (including phenoxy) is 1. The van der Waals surface area contributed by atoms with Crippen molar-refractivity contribution in [3.05, 3.63) is 72.0 Å². The van der Waals surface area contributed by atoms with Crippen molar-refractivity contribution in [1.29, 1.82) is 0 Å². The van der Waals surface area contributed by atoms with E-state index >= 15 is 0 Å². The molecule has 4 saturated heterocycles. The molecule has 0 spiro atoms. The molecule has 522 valence electrons. The second-order valence-corrected chi connectivity index (χ2v) is 31.1. The zero-order valence-electron chi connectivity index (χ0n) is 63.4. The van der Waals surface area contributed by atoms with Gasteiger partial charge in [0.15, 0.2) is 0 Å². The van der Waals surface area contributed by atoms with Crippen molar-refractivity contribution in [2.45, 2.75) is 277 Å². The summed E-state index contributed by atoms with van der Waals surface area (Å²) in [6.45, 7) is 70.8. The second-order valence-electron chi connectivity index (χ2n) is 31.1. The van der Waals surface area contributed by atoms with Crippen LogP contribution in [0.2, 0.25) is 0 Å². The van der Waals surface area contributed by atoms with E-state index in [0.717, 1.165) is 141 Å². The Morgan fingerprint density at radius 2 is 1.52 bits per heavy atom. The smallest absolute Gasteiger partial charge is 0.0945 e. The van der Waals surface area contributed by atoms with Gasteiger partial charge in [-0.05, 0) is 188 Å². The molecule has 12 nitrogen and oxygen atoms in total. The number of nitrogens with one attached hydrogen (secondary N) is 2. The maximum atomic E-state index is 6.29. The Hall–Kier alpha value is -3.87. The van der Waals surface area contributed by atoms with Crippen molar-refractivity contribution < 1.29 is 4.74 Å². The van der Waals surface area contributed by atoms with Crippen molar-refractivity contribution in [3.8, 4) is 11.3 Å². The van der Waals surface area contributed by atoms with Crippen LogP contribution in [0.4, 0.5) is 11.4 Å². The number of hydrazine groups is 1. The number of fused-ring (bicyclic) bond motifs is 1. The summed E-state index contributed by atoms with van der Waals surface area (Å²) in [4.78, 5) is 21.7. The summed E-state index contributed by atoms with van der Waals surface area (Å²) >= 11 is 0. The van der Waals surface area contributed by atoms with Crippen LogP contribution >= 0.6 is 0 Å². The number of pyridine rings is 1. The van der Waals surface area contributed by atoms with Crippen molar-refractivity contribution in [3.63, 3.8) is 0 Å². The fraction of sp³-hybridized carbons (Fsp3) is 0.775. The minimum absolute atomic E-state index is 0.0583. The maximum Gasteiger partial charge on any atom is 0.0945 e. The van der Waals surface area contributed by atoms with Crippen molar-refractivity contribution in [1.82, 2.24) is 44.9 Å². The van der Waals surface area contributed by atoms with E-state index in [-0.39, 0.29) is 23.5 Å². The van der Waals surface area contributed by atoms with E-state index in [1.54, 1.807) is 0 Å².